The molecule has 1 amide bonds. The van der Waals surface area contributed by atoms with Crippen LogP contribution >= 0.6 is 22.9 Å². The number of anilines is 1. The molecule has 1 N–H and O–H groups in total. The van der Waals surface area contributed by atoms with Gasteiger partial charge in [-0.15, -0.1) is 0 Å². The molecule has 0 bridgehead atoms. The number of hydrogen-bond donors (Lipinski definition) is 1. The van der Waals surface area contributed by atoms with Crippen LogP contribution in [0.2, 0.25) is 5.15 Å². The Hall–Kier alpha value is -3.03. The first-order valence-corrected chi connectivity index (χ1v) is 8.79. The fourth-order valence-corrected chi connectivity index (χ4v) is 3.55. The Labute approximate surface area is 157 Å². The number of aromatic nitrogens is 3. The van der Waals surface area contributed by atoms with Gasteiger partial charge in [0.2, 0.25) is 0 Å². The third kappa shape index (κ3) is 3.22. The molecule has 4 aromatic heterocycles. The van der Waals surface area contributed by atoms with Crippen LogP contribution in [0.3, 0.4) is 0 Å². The molecule has 0 aromatic carbocycles. The van der Waals surface area contributed by atoms with E-state index in [1.54, 1.807) is 36.9 Å². The molecule has 0 atom stereocenters. The van der Waals surface area contributed by atoms with E-state index in [9.17, 15) is 4.79 Å². The van der Waals surface area contributed by atoms with Gasteiger partial charge in [0.05, 0.1) is 16.7 Å². The molecule has 4 heterocycles. The summed E-state index contributed by atoms with van der Waals surface area (Å²) < 4.78 is 5.49. The van der Waals surface area contributed by atoms with Crippen molar-refractivity contribution in [2.75, 3.05) is 5.32 Å². The lowest BCUT2D eigenvalue weighted by Gasteiger charge is -2.02. The maximum Gasteiger partial charge on any atom is 0.260 e. The van der Waals surface area contributed by atoms with Crippen LogP contribution in [-0.2, 0) is 0 Å². The largest absolute Gasteiger partial charge is 0.463 e. The lowest BCUT2D eigenvalue weighted by atomic mass is 10.2. The number of carbonyl (C=O) groups excluding carboxylic acids is 1. The molecule has 6 nitrogen and oxygen atoms in total. The summed E-state index contributed by atoms with van der Waals surface area (Å²) >= 11 is 7.33. The Balaban J connectivity index is 1.72. The van der Waals surface area contributed by atoms with Gasteiger partial charge in [-0.1, -0.05) is 22.9 Å². The smallest absolute Gasteiger partial charge is 0.260 e. The van der Waals surface area contributed by atoms with Gasteiger partial charge in [0.25, 0.3) is 5.91 Å². The zero-order valence-electron chi connectivity index (χ0n) is 13.2. The van der Waals surface area contributed by atoms with Crippen LogP contribution in [0.5, 0.6) is 0 Å². The number of pyridine rings is 2. The lowest BCUT2D eigenvalue weighted by Crippen LogP contribution is -2.12. The van der Waals surface area contributed by atoms with Crippen molar-refractivity contribution in [3.05, 3.63) is 72.0 Å². The summed E-state index contributed by atoms with van der Waals surface area (Å²) in [6, 6.07) is 10.6. The van der Waals surface area contributed by atoms with E-state index in [1.165, 1.54) is 17.5 Å². The summed E-state index contributed by atoms with van der Waals surface area (Å²) in [6.45, 7) is 0. The predicted octanol–water partition coefficient (Wildman–Crippen LogP) is 4.77. The summed E-state index contributed by atoms with van der Waals surface area (Å²) in [7, 11) is 0. The maximum absolute atomic E-state index is 12.5. The molecule has 8 heteroatoms. The van der Waals surface area contributed by atoms with E-state index >= 15 is 0 Å². The molecule has 0 saturated heterocycles. The summed E-state index contributed by atoms with van der Waals surface area (Å²) in [4.78, 5) is 25.8. The second-order valence-corrected chi connectivity index (χ2v) is 6.56. The second kappa shape index (κ2) is 7.07. The first kappa shape index (κ1) is 16.4. The minimum atomic E-state index is -0.371. The monoisotopic (exact) mass is 382 g/mol. The molecule has 4 rings (SSSR count). The third-order valence-electron chi connectivity index (χ3n) is 3.55. The number of amides is 1. The van der Waals surface area contributed by atoms with E-state index in [0.717, 1.165) is 10.4 Å². The molecule has 0 spiro atoms. The number of furan rings is 1. The molecule has 0 radical (unpaired) electrons. The average Bonchev–Trinajstić information content (AvgIpc) is 3.32. The molecule has 0 fully saturated rings. The van der Waals surface area contributed by atoms with Crippen LogP contribution in [0.25, 0.3) is 21.9 Å². The van der Waals surface area contributed by atoms with E-state index in [-0.39, 0.29) is 16.6 Å². The summed E-state index contributed by atoms with van der Waals surface area (Å²) in [6.07, 6.45) is 6.51. The zero-order valence-corrected chi connectivity index (χ0v) is 14.8. The number of thiazole rings is 1. The number of halogens is 1. The molecular formula is C18H11ClN4O2S. The normalized spacial score (nSPS) is 10.7. The molecule has 0 aliphatic heterocycles. The van der Waals surface area contributed by atoms with Crippen LogP contribution in [0.4, 0.5) is 5.13 Å². The highest BCUT2D eigenvalue weighted by Gasteiger charge is 2.19. The Morgan fingerprint density at radius 1 is 1.12 bits per heavy atom. The van der Waals surface area contributed by atoms with Gasteiger partial charge in [0.15, 0.2) is 10.9 Å². The minimum Gasteiger partial charge on any atom is -0.463 e. The van der Waals surface area contributed by atoms with Crippen molar-refractivity contribution in [2.45, 2.75) is 0 Å². The van der Waals surface area contributed by atoms with E-state index < -0.39 is 0 Å². The SMILES string of the molecule is O=C(Nc1nc(-c2ccco2)c(-c2ccncc2)s1)c1cccnc1Cl. The van der Waals surface area contributed by atoms with E-state index in [4.69, 9.17) is 16.0 Å². The van der Waals surface area contributed by atoms with E-state index in [2.05, 4.69) is 20.3 Å². The molecule has 128 valence electrons. The number of carbonyl (C=O) groups is 1. The lowest BCUT2D eigenvalue weighted by molar-refractivity contribution is 0.102. The second-order valence-electron chi connectivity index (χ2n) is 5.21. The Bertz CT molecular complexity index is 1050. The third-order valence-corrected chi connectivity index (χ3v) is 4.87. The highest BCUT2D eigenvalue weighted by atomic mass is 35.5. The Morgan fingerprint density at radius 3 is 2.69 bits per heavy atom. The molecule has 26 heavy (non-hydrogen) atoms. The highest BCUT2D eigenvalue weighted by molar-refractivity contribution is 7.19. The number of nitrogens with one attached hydrogen (secondary N) is 1. The van der Waals surface area contributed by atoms with Crippen LogP contribution in [0.1, 0.15) is 10.4 Å². The van der Waals surface area contributed by atoms with Gasteiger partial charge < -0.3 is 4.42 Å². The Kier molecular flexibility index (Phi) is 4.47. The molecule has 4 aromatic rings. The van der Waals surface area contributed by atoms with Crippen LogP contribution in [0.15, 0.2) is 65.7 Å². The summed E-state index contributed by atoms with van der Waals surface area (Å²) in [5, 5.41) is 3.36. The van der Waals surface area contributed by atoms with Crippen molar-refractivity contribution in [2.24, 2.45) is 0 Å². The van der Waals surface area contributed by atoms with Crippen LogP contribution in [-0.4, -0.2) is 20.9 Å². The van der Waals surface area contributed by atoms with Gasteiger partial charge in [-0.2, -0.15) is 0 Å². The minimum absolute atomic E-state index is 0.141. The van der Waals surface area contributed by atoms with Gasteiger partial charge >= 0.3 is 0 Å². The van der Waals surface area contributed by atoms with Crippen molar-refractivity contribution in [3.63, 3.8) is 0 Å². The fourth-order valence-electron chi connectivity index (χ4n) is 2.37. The zero-order chi connectivity index (χ0) is 17.9. The molecular weight excluding hydrogens is 372 g/mol. The van der Waals surface area contributed by atoms with E-state index in [0.29, 0.717) is 16.6 Å². The maximum atomic E-state index is 12.5. The number of nitrogens with zero attached hydrogens (tertiary/aromatic N) is 3. The van der Waals surface area contributed by atoms with Crippen molar-refractivity contribution in [1.29, 1.82) is 0 Å². The summed E-state index contributed by atoms with van der Waals surface area (Å²) in [5.41, 5.74) is 1.87. The molecule has 0 aliphatic rings. The number of hydrogen-bond acceptors (Lipinski definition) is 6. The Morgan fingerprint density at radius 2 is 1.96 bits per heavy atom. The standard InChI is InChI=1S/C18H11ClN4O2S/c19-16-12(3-1-7-21-16)17(24)23-18-22-14(13-4-2-10-25-13)15(26-18)11-5-8-20-9-6-11/h1-10H,(H,22,23,24). The van der Waals surface area contributed by atoms with Gasteiger partial charge in [0.1, 0.15) is 10.8 Å². The van der Waals surface area contributed by atoms with Gasteiger partial charge in [-0.25, -0.2) is 9.97 Å². The molecule has 0 unspecified atom stereocenters. The van der Waals surface area contributed by atoms with Crippen molar-refractivity contribution < 1.29 is 9.21 Å². The van der Waals surface area contributed by atoms with Gasteiger partial charge in [-0.05, 0) is 42.0 Å². The quantitative estimate of drug-likeness (QED) is 0.514. The fraction of sp³-hybridized carbons (Fsp3) is 0. The molecule has 0 aliphatic carbocycles. The van der Waals surface area contributed by atoms with Crippen molar-refractivity contribution in [1.82, 2.24) is 15.0 Å². The van der Waals surface area contributed by atoms with Gasteiger partial charge in [-0.3, -0.25) is 15.1 Å². The summed E-state index contributed by atoms with van der Waals surface area (Å²) in [5.74, 6) is 0.247. The predicted molar refractivity (Wildman–Crippen MR) is 100 cm³/mol. The first-order chi connectivity index (χ1) is 12.7. The van der Waals surface area contributed by atoms with Crippen LogP contribution < -0.4 is 5.32 Å². The van der Waals surface area contributed by atoms with E-state index in [1.807, 2.05) is 18.2 Å². The first-order valence-electron chi connectivity index (χ1n) is 7.59. The van der Waals surface area contributed by atoms with Crippen molar-refractivity contribution >= 4 is 34.0 Å². The topological polar surface area (TPSA) is 80.9 Å². The average molecular weight is 383 g/mol. The molecule has 0 saturated carbocycles. The number of rotatable bonds is 4. The highest BCUT2D eigenvalue weighted by Crippen LogP contribution is 2.39. The van der Waals surface area contributed by atoms with Gasteiger partial charge in [0, 0.05) is 18.6 Å². The van der Waals surface area contributed by atoms with Crippen molar-refractivity contribution in [3.8, 4) is 21.9 Å². The van der Waals surface area contributed by atoms with Crippen LogP contribution in [0, 0.1) is 0 Å².